The molecular formula is C14H26N4O. The molecule has 1 rings (SSSR count). The van der Waals surface area contributed by atoms with Gasteiger partial charge in [-0.3, -0.25) is 9.48 Å². The molecule has 19 heavy (non-hydrogen) atoms. The van der Waals surface area contributed by atoms with Crippen molar-refractivity contribution in [3.63, 3.8) is 0 Å². The van der Waals surface area contributed by atoms with Crippen molar-refractivity contribution in [2.45, 2.75) is 47.1 Å². The van der Waals surface area contributed by atoms with Crippen molar-refractivity contribution in [2.75, 3.05) is 13.1 Å². The number of hydrogen-bond acceptors (Lipinski definition) is 4. The van der Waals surface area contributed by atoms with Crippen LogP contribution in [0.15, 0.2) is 6.20 Å². The number of hydrogen-bond donors (Lipinski definition) is 1. The smallest absolute Gasteiger partial charge is 0.136 e. The molecule has 0 aromatic carbocycles. The molecule has 0 atom stereocenters. The van der Waals surface area contributed by atoms with E-state index in [-0.39, 0.29) is 5.92 Å². The minimum atomic E-state index is 0.137. The van der Waals surface area contributed by atoms with Gasteiger partial charge in [-0.2, -0.15) is 0 Å². The van der Waals surface area contributed by atoms with Gasteiger partial charge in [-0.25, -0.2) is 0 Å². The summed E-state index contributed by atoms with van der Waals surface area (Å²) >= 11 is 0. The lowest BCUT2D eigenvalue weighted by Gasteiger charge is -2.05. The topological polar surface area (TPSA) is 59.8 Å². The van der Waals surface area contributed by atoms with Gasteiger partial charge in [0.2, 0.25) is 0 Å². The summed E-state index contributed by atoms with van der Waals surface area (Å²) in [5.41, 5.74) is 1.00. The second-order valence-corrected chi connectivity index (χ2v) is 5.70. The van der Waals surface area contributed by atoms with Gasteiger partial charge in [0.1, 0.15) is 5.78 Å². The molecule has 0 amide bonds. The van der Waals surface area contributed by atoms with E-state index in [0.29, 0.717) is 18.1 Å². The van der Waals surface area contributed by atoms with Crippen molar-refractivity contribution < 1.29 is 4.79 Å². The molecule has 0 aliphatic rings. The van der Waals surface area contributed by atoms with Crippen LogP contribution in [0, 0.1) is 11.8 Å². The zero-order valence-electron chi connectivity index (χ0n) is 12.5. The van der Waals surface area contributed by atoms with Gasteiger partial charge >= 0.3 is 0 Å². The highest BCUT2D eigenvalue weighted by atomic mass is 16.1. The highest BCUT2D eigenvalue weighted by Gasteiger charge is 2.06. The minimum absolute atomic E-state index is 0.137. The fourth-order valence-electron chi connectivity index (χ4n) is 1.76. The maximum Gasteiger partial charge on any atom is 0.136 e. The average Bonchev–Trinajstić information content (AvgIpc) is 2.75. The van der Waals surface area contributed by atoms with Crippen LogP contribution in [0.3, 0.4) is 0 Å². The van der Waals surface area contributed by atoms with Gasteiger partial charge in [0, 0.05) is 44.6 Å². The van der Waals surface area contributed by atoms with Gasteiger partial charge in [0.15, 0.2) is 0 Å². The summed E-state index contributed by atoms with van der Waals surface area (Å²) in [6.07, 6.45) is 3.46. The molecule has 1 heterocycles. The van der Waals surface area contributed by atoms with Crippen LogP contribution in [-0.4, -0.2) is 33.9 Å². The van der Waals surface area contributed by atoms with Crippen molar-refractivity contribution in [1.29, 1.82) is 0 Å². The Hall–Kier alpha value is -1.23. The molecular weight excluding hydrogens is 240 g/mol. The van der Waals surface area contributed by atoms with Crippen molar-refractivity contribution >= 4 is 5.78 Å². The van der Waals surface area contributed by atoms with E-state index in [1.807, 2.05) is 24.7 Å². The number of rotatable bonds is 9. The first-order valence-corrected chi connectivity index (χ1v) is 7.11. The molecule has 108 valence electrons. The van der Waals surface area contributed by atoms with Crippen LogP contribution < -0.4 is 5.32 Å². The zero-order chi connectivity index (χ0) is 14.3. The molecule has 0 aliphatic carbocycles. The van der Waals surface area contributed by atoms with E-state index in [0.717, 1.165) is 31.7 Å². The second kappa shape index (κ2) is 8.04. The van der Waals surface area contributed by atoms with Crippen molar-refractivity contribution in [2.24, 2.45) is 11.8 Å². The molecule has 0 aliphatic heterocycles. The molecule has 5 heteroatoms. The molecule has 0 fully saturated rings. The number of aromatic nitrogens is 3. The fourth-order valence-corrected chi connectivity index (χ4v) is 1.76. The maximum atomic E-state index is 11.4. The average molecular weight is 266 g/mol. The number of nitrogens with zero attached hydrogens (tertiary/aromatic N) is 3. The minimum Gasteiger partial charge on any atom is -0.316 e. The lowest BCUT2D eigenvalue weighted by molar-refractivity contribution is -0.121. The van der Waals surface area contributed by atoms with Crippen LogP contribution in [0.25, 0.3) is 0 Å². The third-order valence-corrected chi connectivity index (χ3v) is 2.89. The van der Waals surface area contributed by atoms with E-state index in [9.17, 15) is 4.79 Å². The third kappa shape index (κ3) is 6.47. The first kappa shape index (κ1) is 15.8. The van der Waals surface area contributed by atoms with Crippen molar-refractivity contribution in [3.8, 4) is 0 Å². The van der Waals surface area contributed by atoms with E-state index in [4.69, 9.17) is 0 Å². The molecule has 0 spiro atoms. The zero-order valence-corrected chi connectivity index (χ0v) is 12.5. The third-order valence-electron chi connectivity index (χ3n) is 2.89. The Kier molecular flexibility index (Phi) is 6.70. The number of ketones is 1. The molecule has 1 N–H and O–H groups in total. The lowest BCUT2D eigenvalue weighted by Crippen LogP contribution is -2.22. The Bertz CT molecular complexity index is 385. The van der Waals surface area contributed by atoms with E-state index < -0.39 is 0 Å². The fraction of sp³-hybridized carbons (Fsp3) is 0.786. The molecule has 0 radical (unpaired) electrons. The molecule has 0 unspecified atom stereocenters. The molecule has 0 saturated heterocycles. The van der Waals surface area contributed by atoms with Crippen LogP contribution in [0.5, 0.6) is 0 Å². The monoisotopic (exact) mass is 266 g/mol. The number of carbonyl (C=O) groups is 1. The molecule has 5 nitrogen and oxygen atoms in total. The standard InChI is InChI=1S/C14H26N4O/c1-11(2)9-18-10-13(16-17-18)5-7-15-8-6-14(19)12(3)4/h10-12,15H,5-9H2,1-4H3. The van der Waals surface area contributed by atoms with E-state index in [2.05, 4.69) is 29.5 Å². The van der Waals surface area contributed by atoms with Crippen LogP contribution in [0.1, 0.15) is 39.8 Å². The Morgan fingerprint density at radius 3 is 2.68 bits per heavy atom. The molecule has 0 saturated carbocycles. The molecule has 1 aromatic rings. The Morgan fingerprint density at radius 1 is 1.32 bits per heavy atom. The van der Waals surface area contributed by atoms with Crippen LogP contribution >= 0.6 is 0 Å². The van der Waals surface area contributed by atoms with Gasteiger partial charge in [0.05, 0.1) is 5.69 Å². The van der Waals surface area contributed by atoms with E-state index in [1.54, 1.807) is 0 Å². The second-order valence-electron chi connectivity index (χ2n) is 5.70. The number of Topliss-reactive ketones (excluding diaryl/α,β-unsaturated/α-hetero) is 1. The number of nitrogens with one attached hydrogen (secondary N) is 1. The van der Waals surface area contributed by atoms with Gasteiger partial charge in [-0.15, -0.1) is 5.10 Å². The highest BCUT2D eigenvalue weighted by molar-refractivity contribution is 5.80. The first-order chi connectivity index (χ1) is 8.99. The summed E-state index contributed by atoms with van der Waals surface area (Å²) in [7, 11) is 0. The van der Waals surface area contributed by atoms with Gasteiger partial charge < -0.3 is 5.32 Å². The predicted octanol–water partition coefficient (Wildman–Crippen LogP) is 1.68. The normalized spacial score (nSPS) is 11.5. The lowest BCUT2D eigenvalue weighted by atomic mass is 10.1. The molecule has 1 aromatic heterocycles. The summed E-state index contributed by atoms with van der Waals surface area (Å²) in [4.78, 5) is 11.4. The van der Waals surface area contributed by atoms with Gasteiger partial charge in [-0.1, -0.05) is 32.9 Å². The summed E-state index contributed by atoms with van der Waals surface area (Å²) in [6, 6.07) is 0. The predicted molar refractivity (Wildman–Crippen MR) is 75.9 cm³/mol. The SMILES string of the molecule is CC(C)Cn1cc(CCNCCC(=O)C(C)C)nn1. The van der Waals surface area contributed by atoms with E-state index >= 15 is 0 Å². The van der Waals surface area contributed by atoms with Crippen LogP contribution in [-0.2, 0) is 17.8 Å². The summed E-state index contributed by atoms with van der Waals surface area (Å²) in [5, 5.41) is 11.5. The number of carbonyl (C=O) groups excluding carboxylic acids is 1. The van der Waals surface area contributed by atoms with Crippen molar-refractivity contribution in [1.82, 2.24) is 20.3 Å². The quantitative estimate of drug-likeness (QED) is 0.691. The summed E-state index contributed by atoms with van der Waals surface area (Å²) in [6.45, 7) is 10.7. The first-order valence-electron chi connectivity index (χ1n) is 7.11. The Labute approximate surface area is 115 Å². The van der Waals surface area contributed by atoms with Crippen LogP contribution in [0.2, 0.25) is 0 Å². The van der Waals surface area contributed by atoms with Crippen LogP contribution in [0.4, 0.5) is 0 Å². The largest absolute Gasteiger partial charge is 0.316 e. The van der Waals surface area contributed by atoms with Crippen molar-refractivity contribution in [3.05, 3.63) is 11.9 Å². The van der Waals surface area contributed by atoms with Gasteiger partial charge in [0.25, 0.3) is 0 Å². The molecule has 0 bridgehead atoms. The summed E-state index contributed by atoms with van der Waals surface area (Å²) in [5.74, 6) is 1.03. The van der Waals surface area contributed by atoms with Gasteiger partial charge in [-0.05, 0) is 5.92 Å². The summed E-state index contributed by atoms with van der Waals surface area (Å²) < 4.78 is 1.89. The Balaban J connectivity index is 2.16. The Morgan fingerprint density at radius 2 is 2.05 bits per heavy atom. The maximum absolute atomic E-state index is 11.4. The highest BCUT2D eigenvalue weighted by Crippen LogP contribution is 2.00. The van der Waals surface area contributed by atoms with E-state index in [1.165, 1.54) is 0 Å².